The van der Waals surface area contributed by atoms with Crippen LogP contribution in [0, 0.1) is 11.3 Å². The van der Waals surface area contributed by atoms with Crippen LogP contribution in [0.3, 0.4) is 0 Å². The number of nitrogens with zero attached hydrogens (tertiary/aromatic N) is 2. The van der Waals surface area contributed by atoms with Crippen molar-refractivity contribution in [2.75, 3.05) is 7.05 Å². The molecule has 0 saturated heterocycles. The molecule has 92 valence electrons. The van der Waals surface area contributed by atoms with E-state index in [0.717, 1.165) is 17.3 Å². The fourth-order valence-electron chi connectivity index (χ4n) is 1.82. The lowest BCUT2D eigenvalue weighted by molar-refractivity contribution is -0.827. The lowest BCUT2D eigenvalue weighted by Crippen LogP contribution is -3.03. The average Bonchev–Trinajstić information content (AvgIpc) is 2.40. The summed E-state index contributed by atoms with van der Waals surface area (Å²) >= 11 is 0. The van der Waals surface area contributed by atoms with E-state index in [4.69, 9.17) is 5.26 Å². The van der Waals surface area contributed by atoms with Crippen LogP contribution in [0.25, 0.3) is 0 Å². The van der Waals surface area contributed by atoms with Crippen LogP contribution in [-0.2, 0) is 6.54 Å². The molecule has 0 amide bonds. The van der Waals surface area contributed by atoms with Crippen molar-refractivity contribution in [3.63, 3.8) is 0 Å². The highest BCUT2D eigenvalue weighted by atomic mass is 35.5. The van der Waals surface area contributed by atoms with Crippen LogP contribution in [0.4, 0.5) is 5.82 Å². The Labute approximate surface area is 113 Å². The molecule has 1 aromatic heterocycles. The van der Waals surface area contributed by atoms with E-state index in [-0.39, 0.29) is 12.4 Å². The minimum Gasteiger partial charge on any atom is -1.00 e. The first-order chi connectivity index (χ1) is 8.31. The van der Waals surface area contributed by atoms with Gasteiger partial charge in [-0.2, -0.15) is 5.26 Å². The van der Waals surface area contributed by atoms with E-state index in [0.29, 0.717) is 5.56 Å². The molecule has 0 fully saturated rings. The molecule has 0 saturated carbocycles. The fraction of sp³-hybridized carbons (Fsp3) is 0.143. The molecule has 1 N–H and O–H groups in total. The van der Waals surface area contributed by atoms with E-state index in [2.05, 4.69) is 23.2 Å². The predicted octanol–water partition coefficient (Wildman–Crippen LogP) is -1.70. The van der Waals surface area contributed by atoms with Gasteiger partial charge in [-0.05, 0) is 12.1 Å². The van der Waals surface area contributed by atoms with Crippen molar-refractivity contribution in [2.24, 2.45) is 0 Å². The highest BCUT2D eigenvalue weighted by Gasteiger charge is 2.13. The Hall–Kier alpha value is -1.89. The minimum absolute atomic E-state index is 0. The SMILES string of the molecule is C[NH+](Cc1ccccc1)c1ncccc1C#N.[Cl-]. The van der Waals surface area contributed by atoms with Gasteiger partial charge in [0.2, 0.25) is 5.82 Å². The van der Waals surface area contributed by atoms with Crippen LogP contribution < -0.4 is 17.3 Å². The number of hydrogen-bond donors (Lipinski definition) is 1. The second-order valence-corrected chi connectivity index (χ2v) is 3.95. The molecule has 0 bridgehead atoms. The Kier molecular flexibility index (Phi) is 5.31. The standard InChI is InChI=1S/C14H13N3.ClH/c1-17(11-12-6-3-2-4-7-12)14-13(10-15)8-5-9-16-14;/h2-9H,11H2,1H3;1H. The Morgan fingerprint density at radius 3 is 2.56 bits per heavy atom. The zero-order valence-corrected chi connectivity index (χ0v) is 10.9. The number of rotatable bonds is 3. The first-order valence-electron chi connectivity index (χ1n) is 5.53. The van der Waals surface area contributed by atoms with Crippen molar-refractivity contribution in [3.05, 3.63) is 59.8 Å². The third-order valence-corrected chi connectivity index (χ3v) is 2.64. The zero-order valence-electron chi connectivity index (χ0n) is 10.1. The number of halogens is 1. The summed E-state index contributed by atoms with van der Waals surface area (Å²) in [7, 11) is 2.02. The first kappa shape index (κ1) is 14.2. The van der Waals surface area contributed by atoms with Gasteiger partial charge in [0.05, 0.1) is 7.05 Å². The second kappa shape index (κ2) is 6.75. The van der Waals surface area contributed by atoms with Crippen LogP contribution in [0.2, 0.25) is 0 Å². The van der Waals surface area contributed by atoms with E-state index in [1.54, 1.807) is 18.3 Å². The van der Waals surface area contributed by atoms with Gasteiger partial charge in [-0.3, -0.25) is 4.90 Å². The van der Waals surface area contributed by atoms with Gasteiger partial charge in [0.1, 0.15) is 18.2 Å². The van der Waals surface area contributed by atoms with Gasteiger partial charge >= 0.3 is 0 Å². The van der Waals surface area contributed by atoms with E-state index in [1.807, 2.05) is 25.2 Å². The number of hydrogen-bond acceptors (Lipinski definition) is 2. The van der Waals surface area contributed by atoms with E-state index in [9.17, 15) is 0 Å². The highest BCUT2D eigenvalue weighted by Crippen LogP contribution is 2.05. The van der Waals surface area contributed by atoms with Gasteiger partial charge in [0.25, 0.3) is 0 Å². The molecule has 2 rings (SSSR count). The lowest BCUT2D eigenvalue weighted by Gasteiger charge is -2.13. The van der Waals surface area contributed by atoms with E-state index in [1.165, 1.54) is 5.56 Å². The van der Waals surface area contributed by atoms with Crippen molar-refractivity contribution < 1.29 is 17.3 Å². The lowest BCUT2D eigenvalue weighted by atomic mass is 10.2. The first-order valence-corrected chi connectivity index (χ1v) is 5.53. The molecule has 1 unspecified atom stereocenters. The number of nitriles is 1. The summed E-state index contributed by atoms with van der Waals surface area (Å²) in [5.41, 5.74) is 1.88. The summed E-state index contributed by atoms with van der Waals surface area (Å²) in [6, 6.07) is 16.0. The number of pyridine rings is 1. The molecule has 4 heteroatoms. The summed E-state index contributed by atoms with van der Waals surface area (Å²) in [6.07, 6.45) is 1.73. The monoisotopic (exact) mass is 259 g/mol. The average molecular weight is 260 g/mol. The zero-order chi connectivity index (χ0) is 12.1. The molecule has 0 spiro atoms. The van der Waals surface area contributed by atoms with Crippen molar-refractivity contribution >= 4 is 5.82 Å². The summed E-state index contributed by atoms with van der Waals surface area (Å²) in [5.74, 6) is 0.804. The Balaban J connectivity index is 0.00000162. The maximum absolute atomic E-state index is 9.03. The Morgan fingerprint density at radius 2 is 1.89 bits per heavy atom. The van der Waals surface area contributed by atoms with Gasteiger partial charge in [0, 0.05) is 11.8 Å². The summed E-state index contributed by atoms with van der Waals surface area (Å²) in [5, 5.41) is 9.03. The van der Waals surface area contributed by atoms with Gasteiger partial charge in [0.15, 0.2) is 0 Å². The number of nitrogens with one attached hydrogen (secondary N) is 1. The summed E-state index contributed by atoms with van der Waals surface area (Å²) in [4.78, 5) is 5.40. The molecule has 0 aliphatic carbocycles. The smallest absolute Gasteiger partial charge is 0.244 e. The molecular formula is C14H14ClN3. The number of aromatic nitrogens is 1. The molecule has 0 aliphatic heterocycles. The maximum atomic E-state index is 9.03. The van der Waals surface area contributed by atoms with Crippen LogP contribution in [0.5, 0.6) is 0 Å². The number of quaternary nitrogens is 1. The van der Waals surface area contributed by atoms with Gasteiger partial charge < -0.3 is 12.4 Å². The normalized spacial score (nSPS) is 11.1. The third kappa shape index (κ3) is 3.30. The molecule has 0 radical (unpaired) electrons. The molecule has 1 aromatic carbocycles. The number of benzene rings is 1. The highest BCUT2D eigenvalue weighted by molar-refractivity contribution is 5.41. The quantitative estimate of drug-likeness (QED) is 0.714. The summed E-state index contributed by atoms with van der Waals surface area (Å²) in [6.45, 7) is 0.826. The topological polar surface area (TPSA) is 41.1 Å². The van der Waals surface area contributed by atoms with Crippen LogP contribution in [0.15, 0.2) is 48.7 Å². The second-order valence-electron chi connectivity index (χ2n) is 3.95. The van der Waals surface area contributed by atoms with Crippen molar-refractivity contribution in [1.82, 2.24) is 4.98 Å². The largest absolute Gasteiger partial charge is 1.00 e. The third-order valence-electron chi connectivity index (χ3n) is 2.64. The molecular weight excluding hydrogens is 246 g/mol. The molecule has 1 heterocycles. The Bertz CT molecular complexity index is 534. The van der Waals surface area contributed by atoms with Gasteiger partial charge in [-0.1, -0.05) is 30.3 Å². The van der Waals surface area contributed by atoms with Crippen LogP contribution >= 0.6 is 0 Å². The summed E-state index contributed by atoms with van der Waals surface area (Å²) < 4.78 is 0. The molecule has 3 nitrogen and oxygen atoms in total. The van der Waals surface area contributed by atoms with Crippen molar-refractivity contribution in [1.29, 1.82) is 5.26 Å². The maximum Gasteiger partial charge on any atom is 0.244 e. The molecule has 0 aliphatic rings. The molecule has 1 atom stereocenters. The minimum atomic E-state index is 0. The molecule has 2 aromatic rings. The van der Waals surface area contributed by atoms with Crippen molar-refractivity contribution in [3.8, 4) is 6.07 Å². The van der Waals surface area contributed by atoms with Crippen molar-refractivity contribution in [2.45, 2.75) is 6.54 Å². The van der Waals surface area contributed by atoms with Gasteiger partial charge in [-0.15, -0.1) is 0 Å². The Morgan fingerprint density at radius 1 is 1.17 bits per heavy atom. The van der Waals surface area contributed by atoms with Crippen LogP contribution in [0.1, 0.15) is 11.1 Å². The van der Waals surface area contributed by atoms with Crippen LogP contribution in [-0.4, -0.2) is 12.0 Å². The van der Waals surface area contributed by atoms with E-state index >= 15 is 0 Å². The molecule has 18 heavy (non-hydrogen) atoms. The van der Waals surface area contributed by atoms with E-state index < -0.39 is 0 Å². The fourth-order valence-corrected chi connectivity index (χ4v) is 1.82. The van der Waals surface area contributed by atoms with Gasteiger partial charge in [-0.25, -0.2) is 4.98 Å². The predicted molar refractivity (Wildman–Crippen MR) is 65.6 cm³/mol.